The zero-order valence-electron chi connectivity index (χ0n) is 10.1. The van der Waals surface area contributed by atoms with Gasteiger partial charge in [-0.3, -0.25) is 4.79 Å². The fourth-order valence-electron chi connectivity index (χ4n) is 1.53. The minimum absolute atomic E-state index is 0.0501. The van der Waals surface area contributed by atoms with Gasteiger partial charge in [0.2, 0.25) is 0 Å². The van der Waals surface area contributed by atoms with Crippen LogP contribution in [-0.4, -0.2) is 58.2 Å². The van der Waals surface area contributed by atoms with Crippen LogP contribution in [0, 0.1) is 0 Å². The zero-order chi connectivity index (χ0) is 13.1. The molecule has 1 heterocycles. The second kappa shape index (κ2) is 5.59. The van der Waals surface area contributed by atoms with Crippen molar-refractivity contribution in [1.82, 2.24) is 10.2 Å². The molecular formula is C10H19N3O3S. The highest BCUT2D eigenvalue weighted by atomic mass is 32.2. The summed E-state index contributed by atoms with van der Waals surface area (Å²) in [5.74, 6) is -0.317. The van der Waals surface area contributed by atoms with E-state index in [0.29, 0.717) is 25.4 Å². The largest absolute Gasteiger partial charge is 0.480 e. The molecule has 1 fully saturated rings. The average molecular weight is 261 g/mol. The minimum Gasteiger partial charge on any atom is -0.480 e. The molecule has 1 atom stereocenters. The predicted molar refractivity (Wildman–Crippen MR) is 67.1 cm³/mol. The van der Waals surface area contributed by atoms with E-state index in [1.54, 1.807) is 18.7 Å². The molecule has 2 amide bonds. The summed E-state index contributed by atoms with van der Waals surface area (Å²) < 4.78 is -0.540. The van der Waals surface area contributed by atoms with Gasteiger partial charge in [0, 0.05) is 30.1 Å². The van der Waals surface area contributed by atoms with Crippen LogP contribution in [0.5, 0.6) is 0 Å². The van der Waals surface area contributed by atoms with E-state index in [1.165, 1.54) is 11.8 Å². The van der Waals surface area contributed by atoms with Gasteiger partial charge in [-0.2, -0.15) is 11.8 Å². The van der Waals surface area contributed by atoms with Crippen molar-refractivity contribution in [3.05, 3.63) is 0 Å². The molecule has 0 aromatic rings. The van der Waals surface area contributed by atoms with Crippen molar-refractivity contribution in [2.45, 2.75) is 24.6 Å². The Morgan fingerprint density at radius 2 is 2.35 bits per heavy atom. The maximum atomic E-state index is 11.3. The van der Waals surface area contributed by atoms with Gasteiger partial charge in [0.25, 0.3) is 0 Å². The zero-order valence-corrected chi connectivity index (χ0v) is 10.9. The van der Waals surface area contributed by atoms with Crippen LogP contribution in [-0.2, 0) is 4.79 Å². The first-order valence-electron chi connectivity index (χ1n) is 5.49. The Bertz CT molecular complexity index is 309. The monoisotopic (exact) mass is 261 g/mol. The molecule has 6 nitrogen and oxygen atoms in total. The molecule has 0 unspecified atom stereocenters. The van der Waals surface area contributed by atoms with Gasteiger partial charge < -0.3 is 21.1 Å². The molecule has 0 aromatic carbocycles. The number of carbonyl (C=O) groups excluding carboxylic acids is 1. The quantitative estimate of drug-likeness (QED) is 0.622. The lowest BCUT2D eigenvalue weighted by atomic mass is 10.1. The Kier molecular flexibility index (Phi) is 4.64. The first kappa shape index (κ1) is 14.1. The van der Waals surface area contributed by atoms with Crippen LogP contribution >= 0.6 is 11.8 Å². The molecule has 7 heteroatoms. The molecule has 0 spiro atoms. The number of carbonyl (C=O) groups is 2. The summed E-state index contributed by atoms with van der Waals surface area (Å²) in [5, 5.41) is 11.6. The van der Waals surface area contributed by atoms with E-state index < -0.39 is 16.8 Å². The lowest BCUT2D eigenvalue weighted by Gasteiger charge is -2.28. The molecule has 0 aliphatic carbocycles. The highest BCUT2D eigenvalue weighted by Gasteiger charge is 2.32. The number of nitrogens with two attached hydrogens (primary N) is 1. The number of urea groups is 1. The Morgan fingerprint density at radius 3 is 2.82 bits per heavy atom. The van der Waals surface area contributed by atoms with Crippen molar-refractivity contribution in [3.8, 4) is 0 Å². The van der Waals surface area contributed by atoms with Crippen molar-refractivity contribution in [3.63, 3.8) is 0 Å². The van der Waals surface area contributed by atoms with Crippen molar-refractivity contribution in [1.29, 1.82) is 0 Å². The molecule has 0 aromatic heterocycles. The third-order valence-electron chi connectivity index (χ3n) is 2.80. The third kappa shape index (κ3) is 3.78. The Labute approximate surface area is 105 Å². The molecule has 4 N–H and O–H groups in total. The van der Waals surface area contributed by atoms with E-state index in [0.717, 1.165) is 0 Å². The van der Waals surface area contributed by atoms with E-state index >= 15 is 0 Å². The van der Waals surface area contributed by atoms with Gasteiger partial charge in [0.1, 0.15) is 6.04 Å². The number of carboxylic acid groups (broad SMARTS) is 1. The second-order valence-corrected chi connectivity index (χ2v) is 6.24. The van der Waals surface area contributed by atoms with Gasteiger partial charge >= 0.3 is 12.0 Å². The lowest BCUT2D eigenvalue weighted by Crippen LogP contribution is -2.47. The number of aliphatic carboxylic acids is 1. The van der Waals surface area contributed by atoms with Gasteiger partial charge in [0.05, 0.1) is 0 Å². The molecule has 1 saturated heterocycles. The van der Waals surface area contributed by atoms with Crippen LogP contribution in [0.1, 0.15) is 13.8 Å². The number of hydrogen-bond donors (Lipinski definition) is 3. The van der Waals surface area contributed by atoms with Crippen molar-refractivity contribution < 1.29 is 14.7 Å². The van der Waals surface area contributed by atoms with E-state index in [-0.39, 0.29) is 6.03 Å². The second-order valence-electron chi connectivity index (χ2n) is 4.49. The molecule has 17 heavy (non-hydrogen) atoms. The highest BCUT2D eigenvalue weighted by molar-refractivity contribution is 8.00. The molecule has 1 aliphatic rings. The molecule has 0 radical (unpaired) electrons. The van der Waals surface area contributed by atoms with Crippen LogP contribution in [0.4, 0.5) is 4.79 Å². The summed E-state index contributed by atoms with van der Waals surface area (Å²) in [7, 11) is 0. The number of amides is 2. The van der Waals surface area contributed by atoms with Crippen LogP contribution in [0.25, 0.3) is 0 Å². The lowest BCUT2D eigenvalue weighted by molar-refractivity contribution is -0.139. The number of carboxylic acids is 1. The average Bonchev–Trinajstić information content (AvgIpc) is 2.63. The van der Waals surface area contributed by atoms with Crippen molar-refractivity contribution >= 4 is 23.8 Å². The van der Waals surface area contributed by atoms with E-state index in [4.69, 9.17) is 10.8 Å². The van der Waals surface area contributed by atoms with Gasteiger partial charge in [-0.1, -0.05) is 0 Å². The van der Waals surface area contributed by atoms with Gasteiger partial charge in [-0.25, -0.2) is 4.79 Å². The summed E-state index contributed by atoms with van der Waals surface area (Å²) in [6, 6.07) is -0.953. The highest BCUT2D eigenvalue weighted by Crippen LogP contribution is 2.27. The summed E-state index contributed by atoms with van der Waals surface area (Å²) in [4.78, 5) is 23.8. The van der Waals surface area contributed by atoms with Crippen LogP contribution in [0.3, 0.4) is 0 Å². The third-order valence-corrected chi connectivity index (χ3v) is 4.18. The van der Waals surface area contributed by atoms with Crippen molar-refractivity contribution in [2.75, 3.05) is 25.4 Å². The van der Waals surface area contributed by atoms with E-state index in [1.807, 2.05) is 0 Å². The summed E-state index contributed by atoms with van der Waals surface area (Å²) >= 11 is 1.48. The first-order chi connectivity index (χ1) is 7.84. The Hall–Kier alpha value is -0.950. The molecule has 1 aliphatic heterocycles. The molecule has 98 valence electrons. The standard InChI is InChI=1S/C10H19N3O3S/c1-10(2,7(11)8(14)15)17-6-5-13-4-3-12-9(13)16/h7H,3-6,11H2,1-2H3,(H,12,16)(H,14,15)/t7-/m1/s1. The number of nitrogens with one attached hydrogen (secondary N) is 1. The number of hydrogen-bond acceptors (Lipinski definition) is 4. The summed E-state index contributed by atoms with van der Waals surface area (Å²) in [5.41, 5.74) is 5.60. The summed E-state index contributed by atoms with van der Waals surface area (Å²) in [6.07, 6.45) is 0. The molecular weight excluding hydrogens is 242 g/mol. The summed E-state index contributed by atoms with van der Waals surface area (Å²) in [6.45, 7) is 5.62. The fraction of sp³-hybridized carbons (Fsp3) is 0.800. The number of rotatable bonds is 6. The molecule has 1 rings (SSSR count). The van der Waals surface area contributed by atoms with Crippen LogP contribution < -0.4 is 11.1 Å². The topological polar surface area (TPSA) is 95.7 Å². The first-order valence-corrected chi connectivity index (χ1v) is 6.48. The molecule has 0 bridgehead atoms. The smallest absolute Gasteiger partial charge is 0.321 e. The van der Waals surface area contributed by atoms with E-state index in [9.17, 15) is 9.59 Å². The maximum absolute atomic E-state index is 11.3. The SMILES string of the molecule is CC(C)(SCCN1CCNC1=O)[C@H](N)C(=O)O. The fourth-order valence-corrected chi connectivity index (χ4v) is 2.65. The van der Waals surface area contributed by atoms with Crippen molar-refractivity contribution in [2.24, 2.45) is 5.73 Å². The maximum Gasteiger partial charge on any atom is 0.321 e. The van der Waals surface area contributed by atoms with Gasteiger partial charge in [0.15, 0.2) is 0 Å². The predicted octanol–water partition coefficient (Wildman–Crippen LogP) is -0.0647. The van der Waals surface area contributed by atoms with E-state index in [2.05, 4.69) is 5.32 Å². The van der Waals surface area contributed by atoms with Crippen LogP contribution in [0.2, 0.25) is 0 Å². The Morgan fingerprint density at radius 1 is 1.71 bits per heavy atom. The normalized spacial score (nSPS) is 18.1. The van der Waals surface area contributed by atoms with Gasteiger partial charge in [-0.05, 0) is 13.8 Å². The Balaban J connectivity index is 2.34. The number of nitrogens with zero attached hydrogens (tertiary/aromatic N) is 1. The minimum atomic E-state index is -0.999. The number of thioether (sulfide) groups is 1. The van der Waals surface area contributed by atoms with Crippen LogP contribution in [0.15, 0.2) is 0 Å². The van der Waals surface area contributed by atoms with Gasteiger partial charge in [-0.15, -0.1) is 0 Å². The molecule has 0 saturated carbocycles.